The summed E-state index contributed by atoms with van der Waals surface area (Å²) in [7, 11) is 1.60. The first-order valence-corrected chi connectivity index (χ1v) is 8.52. The van der Waals surface area contributed by atoms with Crippen LogP contribution in [-0.2, 0) is 6.54 Å². The number of nitrogens with zero attached hydrogens (tertiary/aromatic N) is 5. The third-order valence-electron chi connectivity index (χ3n) is 4.46. The molecule has 0 bridgehead atoms. The molecule has 0 spiro atoms. The summed E-state index contributed by atoms with van der Waals surface area (Å²) in [6.07, 6.45) is 5.21. The number of hydrogen-bond donors (Lipinski definition) is 1. The monoisotopic (exact) mass is 344 g/mol. The van der Waals surface area contributed by atoms with Crippen LogP contribution in [0, 0.1) is 6.92 Å². The second-order valence-corrected chi connectivity index (χ2v) is 6.27. The molecule has 1 fully saturated rings. The quantitative estimate of drug-likeness (QED) is 0.834. The molecule has 0 radical (unpaired) electrons. The molecule has 1 saturated heterocycles. The summed E-state index contributed by atoms with van der Waals surface area (Å²) < 4.78 is 6.79. The van der Waals surface area contributed by atoms with Gasteiger partial charge in [0.1, 0.15) is 12.1 Å². The number of ether oxygens (including phenoxy) is 1. The van der Waals surface area contributed by atoms with Gasteiger partial charge in [-0.1, -0.05) is 0 Å². The van der Waals surface area contributed by atoms with Crippen molar-refractivity contribution in [2.24, 2.45) is 0 Å². The normalized spacial score (nSPS) is 15.9. The van der Waals surface area contributed by atoms with Gasteiger partial charge in [-0.15, -0.1) is 0 Å². The number of rotatable bonds is 6. The van der Waals surface area contributed by atoms with Gasteiger partial charge in [0.15, 0.2) is 0 Å². The lowest BCUT2D eigenvalue weighted by atomic mass is 10.1. The summed E-state index contributed by atoms with van der Waals surface area (Å²) in [5.74, 6) is 1.36. The summed E-state index contributed by atoms with van der Waals surface area (Å²) in [5, 5.41) is 3.44. The fraction of sp³-hybridized carbons (Fsp3) is 0.529. The minimum atomic E-state index is 0.0155. The molecule has 2 aromatic rings. The number of methoxy groups -OCH3 is 1. The standard InChI is InChI=1S/C17H24N6O2/c1-13-9-17(24)23(12-20-13)8-7-22-5-3-14(4-6-22)21-15-10-16(25-2)19-11-18-15/h9-12,14H,3-8H2,1-2H3,(H,18,19,21). The number of likely N-dealkylation sites (tertiary alicyclic amines) is 1. The maximum Gasteiger partial charge on any atom is 0.253 e. The van der Waals surface area contributed by atoms with Crippen LogP contribution in [0.3, 0.4) is 0 Å². The van der Waals surface area contributed by atoms with E-state index in [1.54, 1.807) is 24.1 Å². The van der Waals surface area contributed by atoms with Crippen molar-refractivity contribution in [3.8, 4) is 5.88 Å². The van der Waals surface area contributed by atoms with Gasteiger partial charge in [0.25, 0.3) is 5.56 Å². The zero-order valence-electron chi connectivity index (χ0n) is 14.7. The fourth-order valence-corrected chi connectivity index (χ4v) is 2.97. The highest BCUT2D eigenvalue weighted by Crippen LogP contribution is 2.17. The molecule has 8 heteroatoms. The number of hydrogen-bond acceptors (Lipinski definition) is 7. The van der Waals surface area contributed by atoms with Crippen LogP contribution in [0.25, 0.3) is 0 Å². The van der Waals surface area contributed by atoms with Crippen molar-refractivity contribution in [2.75, 3.05) is 32.1 Å². The van der Waals surface area contributed by atoms with Gasteiger partial charge in [-0.2, -0.15) is 0 Å². The van der Waals surface area contributed by atoms with Crippen molar-refractivity contribution < 1.29 is 4.74 Å². The number of piperidine rings is 1. The SMILES string of the molecule is COc1cc(NC2CCN(CCn3cnc(C)cc3=O)CC2)ncn1. The van der Waals surface area contributed by atoms with E-state index < -0.39 is 0 Å². The third kappa shape index (κ3) is 4.76. The molecule has 0 saturated carbocycles. The van der Waals surface area contributed by atoms with Crippen LogP contribution in [0.1, 0.15) is 18.5 Å². The molecule has 25 heavy (non-hydrogen) atoms. The van der Waals surface area contributed by atoms with Crippen LogP contribution in [-0.4, -0.2) is 57.2 Å². The smallest absolute Gasteiger partial charge is 0.253 e. The van der Waals surface area contributed by atoms with E-state index in [1.807, 2.05) is 13.0 Å². The predicted octanol–water partition coefficient (Wildman–Crippen LogP) is 0.927. The minimum Gasteiger partial charge on any atom is -0.481 e. The second kappa shape index (κ2) is 8.06. The van der Waals surface area contributed by atoms with Gasteiger partial charge in [0.05, 0.1) is 13.4 Å². The van der Waals surface area contributed by atoms with E-state index in [2.05, 4.69) is 25.2 Å². The summed E-state index contributed by atoms with van der Waals surface area (Å²) in [6.45, 7) is 5.35. The Labute approximate surface area is 146 Å². The van der Waals surface area contributed by atoms with Crippen LogP contribution in [0.5, 0.6) is 5.88 Å². The Hall–Kier alpha value is -2.48. The molecular weight excluding hydrogens is 320 g/mol. The van der Waals surface area contributed by atoms with E-state index in [0.29, 0.717) is 18.5 Å². The number of anilines is 1. The Balaban J connectivity index is 1.46. The van der Waals surface area contributed by atoms with E-state index in [1.165, 1.54) is 6.33 Å². The molecule has 3 heterocycles. The molecular formula is C17H24N6O2. The van der Waals surface area contributed by atoms with Crippen molar-refractivity contribution in [1.82, 2.24) is 24.4 Å². The zero-order chi connectivity index (χ0) is 17.6. The van der Waals surface area contributed by atoms with E-state index in [4.69, 9.17) is 4.74 Å². The van der Waals surface area contributed by atoms with Crippen molar-refractivity contribution in [3.05, 3.63) is 40.8 Å². The molecule has 0 aromatic carbocycles. The predicted molar refractivity (Wildman–Crippen MR) is 94.9 cm³/mol. The topological polar surface area (TPSA) is 85.2 Å². The van der Waals surface area contributed by atoms with E-state index in [-0.39, 0.29) is 5.56 Å². The largest absolute Gasteiger partial charge is 0.481 e. The number of aromatic nitrogens is 4. The Morgan fingerprint density at radius 3 is 2.72 bits per heavy atom. The van der Waals surface area contributed by atoms with Crippen LogP contribution >= 0.6 is 0 Å². The molecule has 2 aromatic heterocycles. The van der Waals surface area contributed by atoms with E-state index in [0.717, 1.165) is 44.0 Å². The van der Waals surface area contributed by atoms with E-state index in [9.17, 15) is 4.79 Å². The maximum atomic E-state index is 11.9. The summed E-state index contributed by atoms with van der Waals surface area (Å²) in [5.41, 5.74) is 0.774. The first-order valence-electron chi connectivity index (χ1n) is 8.52. The van der Waals surface area contributed by atoms with Crippen molar-refractivity contribution in [1.29, 1.82) is 0 Å². The average molecular weight is 344 g/mol. The Kier molecular flexibility index (Phi) is 5.60. The molecule has 0 aliphatic carbocycles. The molecule has 1 aliphatic rings. The Morgan fingerprint density at radius 2 is 2.00 bits per heavy atom. The number of nitrogens with one attached hydrogen (secondary N) is 1. The molecule has 0 unspecified atom stereocenters. The lowest BCUT2D eigenvalue weighted by Crippen LogP contribution is -2.41. The first-order chi connectivity index (χ1) is 12.1. The highest BCUT2D eigenvalue weighted by atomic mass is 16.5. The lowest BCUT2D eigenvalue weighted by molar-refractivity contribution is 0.210. The van der Waals surface area contributed by atoms with Crippen molar-refractivity contribution >= 4 is 5.82 Å². The second-order valence-electron chi connectivity index (χ2n) is 6.27. The van der Waals surface area contributed by atoms with Crippen molar-refractivity contribution in [3.63, 3.8) is 0 Å². The maximum absolute atomic E-state index is 11.9. The van der Waals surface area contributed by atoms with Crippen molar-refractivity contribution in [2.45, 2.75) is 32.4 Å². The summed E-state index contributed by atoms with van der Waals surface area (Å²) in [4.78, 5) is 26.7. The van der Waals surface area contributed by atoms with Gasteiger partial charge >= 0.3 is 0 Å². The highest BCUT2D eigenvalue weighted by molar-refractivity contribution is 5.38. The zero-order valence-corrected chi connectivity index (χ0v) is 14.7. The lowest BCUT2D eigenvalue weighted by Gasteiger charge is -2.32. The van der Waals surface area contributed by atoms with Gasteiger partial charge in [-0.05, 0) is 19.8 Å². The van der Waals surface area contributed by atoms with Gasteiger partial charge in [0, 0.05) is 50.0 Å². The molecule has 3 rings (SSSR count). The molecule has 8 nitrogen and oxygen atoms in total. The Bertz CT molecular complexity index is 755. The molecule has 0 amide bonds. The van der Waals surface area contributed by atoms with Gasteiger partial charge < -0.3 is 15.0 Å². The molecule has 134 valence electrons. The average Bonchev–Trinajstić information content (AvgIpc) is 2.62. The molecule has 1 N–H and O–H groups in total. The highest BCUT2D eigenvalue weighted by Gasteiger charge is 2.19. The van der Waals surface area contributed by atoms with E-state index >= 15 is 0 Å². The summed E-state index contributed by atoms with van der Waals surface area (Å²) >= 11 is 0. The third-order valence-corrected chi connectivity index (χ3v) is 4.46. The Morgan fingerprint density at radius 1 is 1.20 bits per heavy atom. The molecule has 1 aliphatic heterocycles. The number of aryl methyl sites for hydroxylation is 1. The van der Waals surface area contributed by atoms with Gasteiger partial charge in [0.2, 0.25) is 5.88 Å². The van der Waals surface area contributed by atoms with Crippen LogP contribution in [0.4, 0.5) is 5.82 Å². The fourth-order valence-electron chi connectivity index (χ4n) is 2.97. The summed E-state index contributed by atoms with van der Waals surface area (Å²) in [6, 6.07) is 3.77. The van der Waals surface area contributed by atoms with Crippen LogP contribution in [0.15, 0.2) is 29.6 Å². The van der Waals surface area contributed by atoms with Gasteiger partial charge in [-0.3, -0.25) is 9.36 Å². The van der Waals surface area contributed by atoms with Crippen LogP contribution < -0.4 is 15.6 Å². The van der Waals surface area contributed by atoms with Crippen LogP contribution in [0.2, 0.25) is 0 Å². The first kappa shape index (κ1) is 17.3. The minimum absolute atomic E-state index is 0.0155. The molecule has 0 atom stereocenters. The van der Waals surface area contributed by atoms with Gasteiger partial charge in [-0.25, -0.2) is 15.0 Å².